The van der Waals surface area contributed by atoms with Gasteiger partial charge in [0.1, 0.15) is 6.17 Å². The van der Waals surface area contributed by atoms with Crippen LogP contribution < -0.4 is 5.73 Å². The standard InChI is InChI=1S/C9H18FN/c1-6-4-9(2,3)5-7(10)8(6)11/h6-8H,4-5,11H2,1-3H3/t6-,7-,8-/m0/s1. The van der Waals surface area contributed by atoms with Gasteiger partial charge in [-0.05, 0) is 24.2 Å². The first-order valence-electron chi connectivity index (χ1n) is 4.32. The van der Waals surface area contributed by atoms with Crippen LogP contribution in [0.3, 0.4) is 0 Å². The molecule has 0 heterocycles. The number of hydrogen-bond donors (Lipinski definition) is 1. The molecule has 1 saturated carbocycles. The van der Waals surface area contributed by atoms with E-state index in [0.717, 1.165) is 6.42 Å². The van der Waals surface area contributed by atoms with Gasteiger partial charge in [0.05, 0.1) is 0 Å². The molecule has 0 aromatic heterocycles. The second-order valence-electron chi connectivity index (χ2n) is 4.64. The van der Waals surface area contributed by atoms with Crippen LogP contribution in [-0.4, -0.2) is 12.2 Å². The highest BCUT2D eigenvalue weighted by Gasteiger charge is 2.37. The van der Waals surface area contributed by atoms with Crippen molar-refractivity contribution in [3.05, 3.63) is 0 Å². The summed E-state index contributed by atoms with van der Waals surface area (Å²) in [6.07, 6.45) is 0.876. The Kier molecular flexibility index (Phi) is 2.24. The summed E-state index contributed by atoms with van der Waals surface area (Å²) >= 11 is 0. The quantitative estimate of drug-likeness (QED) is 0.575. The normalized spacial score (nSPS) is 43.9. The van der Waals surface area contributed by atoms with Crippen molar-refractivity contribution < 1.29 is 4.39 Å². The second-order valence-corrected chi connectivity index (χ2v) is 4.64. The molecule has 0 amide bonds. The molecular weight excluding hydrogens is 141 g/mol. The van der Waals surface area contributed by atoms with Gasteiger partial charge in [-0.25, -0.2) is 4.39 Å². The van der Waals surface area contributed by atoms with E-state index >= 15 is 0 Å². The topological polar surface area (TPSA) is 26.0 Å². The molecule has 11 heavy (non-hydrogen) atoms. The molecule has 2 heteroatoms. The maximum atomic E-state index is 13.2. The summed E-state index contributed by atoms with van der Waals surface area (Å²) in [5.74, 6) is 0.328. The molecule has 0 aromatic rings. The Balaban J connectivity index is 2.62. The van der Waals surface area contributed by atoms with Crippen LogP contribution >= 0.6 is 0 Å². The van der Waals surface area contributed by atoms with E-state index in [0.29, 0.717) is 12.3 Å². The van der Waals surface area contributed by atoms with E-state index in [1.807, 2.05) is 6.92 Å². The summed E-state index contributed by atoms with van der Waals surface area (Å²) in [6.45, 7) is 6.27. The minimum atomic E-state index is -0.797. The van der Waals surface area contributed by atoms with Crippen LogP contribution in [0.5, 0.6) is 0 Å². The van der Waals surface area contributed by atoms with Gasteiger partial charge in [0, 0.05) is 6.04 Å². The number of alkyl halides is 1. The summed E-state index contributed by atoms with van der Waals surface area (Å²) in [5, 5.41) is 0. The van der Waals surface area contributed by atoms with Gasteiger partial charge in [0.15, 0.2) is 0 Å². The lowest BCUT2D eigenvalue weighted by molar-refractivity contribution is 0.0782. The van der Waals surface area contributed by atoms with E-state index in [4.69, 9.17) is 5.73 Å². The van der Waals surface area contributed by atoms with Crippen LogP contribution in [0.2, 0.25) is 0 Å². The van der Waals surface area contributed by atoms with E-state index in [1.165, 1.54) is 0 Å². The molecule has 1 aliphatic rings. The molecule has 1 rings (SSSR count). The van der Waals surface area contributed by atoms with Gasteiger partial charge in [-0.3, -0.25) is 0 Å². The first-order valence-corrected chi connectivity index (χ1v) is 4.32. The van der Waals surface area contributed by atoms with Crippen molar-refractivity contribution in [1.29, 1.82) is 0 Å². The lowest BCUT2D eigenvalue weighted by Gasteiger charge is -2.39. The molecule has 0 aromatic carbocycles. The molecular formula is C9H18FN. The first-order chi connectivity index (χ1) is 4.92. The van der Waals surface area contributed by atoms with Crippen LogP contribution in [0.4, 0.5) is 4.39 Å². The Morgan fingerprint density at radius 2 is 1.91 bits per heavy atom. The zero-order valence-electron chi connectivity index (χ0n) is 7.60. The molecule has 1 nitrogen and oxygen atoms in total. The van der Waals surface area contributed by atoms with Crippen molar-refractivity contribution >= 4 is 0 Å². The second kappa shape index (κ2) is 2.74. The van der Waals surface area contributed by atoms with Gasteiger partial charge in [-0.1, -0.05) is 20.8 Å². The average Bonchev–Trinajstić information content (AvgIpc) is 1.81. The third-order valence-electron chi connectivity index (χ3n) is 2.70. The minimum absolute atomic E-state index is 0.148. The Labute approximate surface area is 68.2 Å². The zero-order chi connectivity index (χ0) is 8.65. The summed E-state index contributed by atoms with van der Waals surface area (Å²) in [4.78, 5) is 0. The van der Waals surface area contributed by atoms with Crippen LogP contribution in [0.1, 0.15) is 33.6 Å². The molecule has 0 radical (unpaired) electrons. The van der Waals surface area contributed by atoms with Crippen molar-refractivity contribution in [2.24, 2.45) is 17.1 Å². The van der Waals surface area contributed by atoms with Crippen LogP contribution in [0, 0.1) is 11.3 Å². The number of halogens is 1. The minimum Gasteiger partial charge on any atom is -0.325 e. The van der Waals surface area contributed by atoms with Crippen molar-refractivity contribution in [2.75, 3.05) is 0 Å². The van der Waals surface area contributed by atoms with Crippen molar-refractivity contribution in [3.8, 4) is 0 Å². The third-order valence-corrected chi connectivity index (χ3v) is 2.70. The van der Waals surface area contributed by atoms with Crippen LogP contribution in [0.25, 0.3) is 0 Å². The Bertz CT molecular complexity index is 130. The van der Waals surface area contributed by atoms with E-state index in [1.54, 1.807) is 0 Å². The van der Waals surface area contributed by atoms with Gasteiger partial charge in [-0.15, -0.1) is 0 Å². The van der Waals surface area contributed by atoms with E-state index < -0.39 is 6.17 Å². The fourth-order valence-electron chi connectivity index (χ4n) is 2.11. The van der Waals surface area contributed by atoms with Crippen LogP contribution in [-0.2, 0) is 0 Å². The van der Waals surface area contributed by atoms with E-state index in [-0.39, 0.29) is 11.5 Å². The maximum absolute atomic E-state index is 13.2. The van der Waals surface area contributed by atoms with E-state index in [2.05, 4.69) is 13.8 Å². The maximum Gasteiger partial charge on any atom is 0.116 e. The molecule has 0 unspecified atom stereocenters. The highest BCUT2D eigenvalue weighted by atomic mass is 19.1. The fraction of sp³-hybridized carbons (Fsp3) is 1.00. The van der Waals surface area contributed by atoms with Crippen molar-refractivity contribution in [1.82, 2.24) is 0 Å². The molecule has 0 spiro atoms. The SMILES string of the molecule is C[C@H]1CC(C)(C)C[C@H](F)[C@H]1N. The Morgan fingerprint density at radius 3 is 2.36 bits per heavy atom. The smallest absolute Gasteiger partial charge is 0.116 e. The molecule has 3 atom stereocenters. The number of hydrogen-bond acceptors (Lipinski definition) is 1. The fourth-order valence-corrected chi connectivity index (χ4v) is 2.11. The Hall–Kier alpha value is -0.110. The monoisotopic (exact) mass is 159 g/mol. The highest BCUT2D eigenvalue weighted by molar-refractivity contribution is 4.90. The predicted molar refractivity (Wildman–Crippen MR) is 45.1 cm³/mol. The summed E-state index contributed by atoms with van der Waals surface area (Å²) in [6, 6.07) is -0.233. The highest BCUT2D eigenvalue weighted by Crippen LogP contribution is 2.39. The predicted octanol–water partition coefficient (Wildman–Crippen LogP) is 2.11. The summed E-state index contributed by atoms with van der Waals surface area (Å²) < 4.78 is 13.2. The van der Waals surface area contributed by atoms with Crippen LogP contribution in [0.15, 0.2) is 0 Å². The van der Waals surface area contributed by atoms with Gasteiger partial charge in [-0.2, -0.15) is 0 Å². The molecule has 2 N–H and O–H groups in total. The molecule has 0 aliphatic heterocycles. The van der Waals surface area contributed by atoms with Gasteiger partial charge in [0.2, 0.25) is 0 Å². The zero-order valence-corrected chi connectivity index (χ0v) is 7.60. The molecule has 1 fully saturated rings. The molecule has 0 bridgehead atoms. The summed E-state index contributed by atoms with van der Waals surface area (Å²) in [5.41, 5.74) is 5.82. The largest absolute Gasteiger partial charge is 0.325 e. The molecule has 0 saturated heterocycles. The Morgan fingerprint density at radius 1 is 1.36 bits per heavy atom. The lowest BCUT2D eigenvalue weighted by Crippen LogP contribution is -2.46. The number of rotatable bonds is 0. The third kappa shape index (κ3) is 1.92. The van der Waals surface area contributed by atoms with Gasteiger partial charge >= 0.3 is 0 Å². The molecule has 1 aliphatic carbocycles. The van der Waals surface area contributed by atoms with E-state index in [9.17, 15) is 4.39 Å². The van der Waals surface area contributed by atoms with Gasteiger partial charge < -0.3 is 5.73 Å². The van der Waals surface area contributed by atoms with Crippen molar-refractivity contribution in [2.45, 2.75) is 45.8 Å². The molecule has 66 valence electrons. The van der Waals surface area contributed by atoms with Crippen molar-refractivity contribution in [3.63, 3.8) is 0 Å². The number of nitrogens with two attached hydrogens (primary N) is 1. The average molecular weight is 159 g/mol. The first kappa shape index (κ1) is 8.98. The van der Waals surface area contributed by atoms with Gasteiger partial charge in [0.25, 0.3) is 0 Å². The summed E-state index contributed by atoms with van der Waals surface area (Å²) in [7, 11) is 0. The lowest BCUT2D eigenvalue weighted by atomic mass is 9.70.